The SMILES string of the molecule is O=C1OCC=C[C@@H]2S[C@]34C=CCN(C5CCCCC5)C(=O)C3N(CCCO)C(=O)[C@@H]4[C@H]12. The average molecular weight is 447 g/mol. The monoisotopic (exact) mass is 446 g/mol. The maximum Gasteiger partial charge on any atom is 0.311 e. The van der Waals surface area contributed by atoms with Gasteiger partial charge in [0.25, 0.3) is 0 Å². The van der Waals surface area contributed by atoms with Gasteiger partial charge in [-0.15, -0.1) is 11.8 Å². The van der Waals surface area contributed by atoms with Gasteiger partial charge in [0, 0.05) is 31.0 Å². The molecule has 1 unspecified atom stereocenters. The summed E-state index contributed by atoms with van der Waals surface area (Å²) in [6.45, 7) is 1.04. The summed E-state index contributed by atoms with van der Waals surface area (Å²) in [5.41, 5.74) is 0. The molecule has 0 radical (unpaired) electrons. The van der Waals surface area contributed by atoms with E-state index in [-0.39, 0.29) is 42.3 Å². The Labute approximate surface area is 186 Å². The highest BCUT2D eigenvalue weighted by atomic mass is 32.2. The van der Waals surface area contributed by atoms with E-state index in [0.717, 1.165) is 25.7 Å². The van der Waals surface area contributed by atoms with Crippen LogP contribution in [0, 0.1) is 11.8 Å². The van der Waals surface area contributed by atoms with Crippen LogP contribution in [0.2, 0.25) is 0 Å². The highest BCUT2D eigenvalue weighted by molar-refractivity contribution is 8.02. The van der Waals surface area contributed by atoms with Crippen molar-refractivity contribution in [1.29, 1.82) is 0 Å². The topological polar surface area (TPSA) is 87.2 Å². The fraction of sp³-hybridized carbons (Fsp3) is 0.696. The number of hydrogen-bond acceptors (Lipinski definition) is 6. The third kappa shape index (κ3) is 3.25. The number of fused-ring (bicyclic) bond motifs is 2. The number of rotatable bonds is 4. The molecule has 0 aromatic rings. The van der Waals surface area contributed by atoms with E-state index in [4.69, 9.17) is 4.74 Å². The molecule has 2 amide bonds. The molecule has 7 nitrogen and oxygen atoms in total. The van der Waals surface area contributed by atoms with E-state index in [9.17, 15) is 19.5 Å². The zero-order valence-corrected chi connectivity index (χ0v) is 18.5. The van der Waals surface area contributed by atoms with Crippen molar-refractivity contribution in [2.24, 2.45) is 11.8 Å². The first-order valence-electron chi connectivity index (χ1n) is 11.5. The van der Waals surface area contributed by atoms with Crippen LogP contribution in [-0.2, 0) is 19.1 Å². The minimum atomic E-state index is -0.775. The molecule has 5 rings (SSSR count). The second kappa shape index (κ2) is 8.28. The molecule has 0 aromatic carbocycles. The summed E-state index contributed by atoms with van der Waals surface area (Å²) in [6, 6.07) is -0.438. The van der Waals surface area contributed by atoms with Crippen LogP contribution in [0.1, 0.15) is 38.5 Å². The summed E-state index contributed by atoms with van der Waals surface area (Å²) in [4.78, 5) is 44.2. The number of carbonyl (C=O) groups excluding carboxylic acids is 3. The number of amides is 2. The van der Waals surface area contributed by atoms with Gasteiger partial charge in [0.1, 0.15) is 12.6 Å². The van der Waals surface area contributed by atoms with E-state index >= 15 is 0 Å². The predicted molar refractivity (Wildman–Crippen MR) is 116 cm³/mol. The lowest BCUT2D eigenvalue weighted by Gasteiger charge is -2.39. The van der Waals surface area contributed by atoms with E-state index in [1.807, 2.05) is 29.2 Å². The maximum absolute atomic E-state index is 14.0. The van der Waals surface area contributed by atoms with Crippen molar-refractivity contribution in [2.45, 2.75) is 60.6 Å². The van der Waals surface area contributed by atoms with Crippen molar-refractivity contribution >= 4 is 29.5 Å². The summed E-state index contributed by atoms with van der Waals surface area (Å²) < 4.78 is 4.60. The van der Waals surface area contributed by atoms with Gasteiger partial charge >= 0.3 is 5.97 Å². The standard InChI is InChI=1S/C23H30N2O5S/c26-13-6-12-25-19-21(28)24(15-7-2-1-3-8-15)11-5-10-23(19)18(20(25)27)17-16(31-23)9-4-14-30-22(17)29/h4-5,9-10,15-19,26H,1-3,6-8,11-14H2/t16-,17+,18-,19?,23-/m0/s1. The summed E-state index contributed by atoms with van der Waals surface area (Å²) in [5, 5.41) is 9.24. The molecule has 1 N–H and O–H groups in total. The average Bonchev–Trinajstić information content (AvgIpc) is 3.07. The fourth-order valence-electron chi connectivity index (χ4n) is 6.19. The molecule has 0 aromatic heterocycles. The molecule has 1 saturated carbocycles. The first-order valence-corrected chi connectivity index (χ1v) is 12.4. The third-order valence-corrected chi connectivity index (χ3v) is 9.26. The molecule has 5 aliphatic rings. The van der Waals surface area contributed by atoms with Crippen molar-refractivity contribution in [3.05, 3.63) is 24.3 Å². The van der Waals surface area contributed by atoms with Crippen LogP contribution < -0.4 is 0 Å². The van der Waals surface area contributed by atoms with E-state index in [0.29, 0.717) is 19.5 Å². The number of thioether (sulfide) groups is 1. The number of esters is 1. The maximum atomic E-state index is 14.0. The Kier molecular flexibility index (Phi) is 5.63. The number of cyclic esters (lactones) is 1. The highest BCUT2D eigenvalue weighted by Crippen LogP contribution is 2.61. The molecule has 1 aliphatic carbocycles. The van der Waals surface area contributed by atoms with E-state index in [1.54, 1.807) is 16.7 Å². The van der Waals surface area contributed by atoms with Crippen LogP contribution in [0.4, 0.5) is 0 Å². The van der Waals surface area contributed by atoms with Gasteiger partial charge < -0.3 is 19.6 Å². The van der Waals surface area contributed by atoms with Crippen molar-refractivity contribution in [3.8, 4) is 0 Å². The minimum absolute atomic E-state index is 0.00741. The molecule has 3 fully saturated rings. The molecule has 8 heteroatoms. The van der Waals surface area contributed by atoms with Crippen LogP contribution >= 0.6 is 11.8 Å². The third-order valence-electron chi connectivity index (χ3n) is 7.52. The Balaban J connectivity index is 1.56. The minimum Gasteiger partial charge on any atom is -0.461 e. The van der Waals surface area contributed by atoms with E-state index < -0.39 is 22.6 Å². The Morgan fingerprint density at radius 3 is 2.71 bits per heavy atom. The van der Waals surface area contributed by atoms with Crippen molar-refractivity contribution in [2.75, 3.05) is 26.3 Å². The number of aliphatic hydroxyl groups is 1. The summed E-state index contributed by atoms with van der Waals surface area (Å²) in [7, 11) is 0. The number of ether oxygens (including phenoxy) is 1. The molecule has 4 heterocycles. The fourth-order valence-corrected chi connectivity index (χ4v) is 8.19. The van der Waals surface area contributed by atoms with Crippen LogP contribution in [0.15, 0.2) is 24.3 Å². The lowest BCUT2D eigenvalue weighted by atomic mass is 9.78. The molecule has 0 bridgehead atoms. The van der Waals surface area contributed by atoms with Crippen LogP contribution in [0.5, 0.6) is 0 Å². The Hall–Kier alpha value is -1.80. The molecule has 168 valence electrons. The van der Waals surface area contributed by atoms with Crippen LogP contribution in [-0.4, -0.2) is 81.1 Å². The highest BCUT2D eigenvalue weighted by Gasteiger charge is 2.71. The number of nitrogens with zero attached hydrogens (tertiary/aromatic N) is 2. The summed E-state index contributed by atoms with van der Waals surface area (Å²) in [6.07, 6.45) is 13.8. The summed E-state index contributed by atoms with van der Waals surface area (Å²) >= 11 is 1.57. The van der Waals surface area contributed by atoms with Crippen LogP contribution in [0.25, 0.3) is 0 Å². The normalized spacial score (nSPS) is 37.9. The number of hydrogen-bond donors (Lipinski definition) is 1. The smallest absolute Gasteiger partial charge is 0.311 e. The first kappa shape index (κ1) is 21.1. The van der Waals surface area contributed by atoms with E-state index in [2.05, 4.69) is 0 Å². The van der Waals surface area contributed by atoms with Gasteiger partial charge in [-0.25, -0.2) is 0 Å². The number of aliphatic hydroxyl groups excluding tert-OH is 1. The van der Waals surface area contributed by atoms with Gasteiger partial charge in [-0.1, -0.05) is 43.6 Å². The molecule has 31 heavy (non-hydrogen) atoms. The zero-order valence-electron chi connectivity index (χ0n) is 17.7. The first-order chi connectivity index (χ1) is 15.1. The van der Waals surface area contributed by atoms with Crippen molar-refractivity contribution < 1.29 is 24.2 Å². The van der Waals surface area contributed by atoms with Gasteiger partial charge in [-0.05, 0) is 19.3 Å². The summed E-state index contributed by atoms with van der Waals surface area (Å²) in [5.74, 6) is -1.72. The quantitative estimate of drug-likeness (QED) is 0.520. The largest absolute Gasteiger partial charge is 0.461 e. The molecular formula is C23H30N2O5S. The van der Waals surface area contributed by atoms with Crippen molar-refractivity contribution in [1.82, 2.24) is 9.80 Å². The van der Waals surface area contributed by atoms with Crippen LogP contribution in [0.3, 0.4) is 0 Å². The Morgan fingerprint density at radius 2 is 1.94 bits per heavy atom. The Morgan fingerprint density at radius 1 is 1.13 bits per heavy atom. The molecule has 1 spiro atoms. The molecule has 5 atom stereocenters. The lowest BCUT2D eigenvalue weighted by Crippen LogP contribution is -2.55. The van der Waals surface area contributed by atoms with Gasteiger partial charge in [-0.2, -0.15) is 0 Å². The van der Waals surface area contributed by atoms with Gasteiger partial charge in [0.15, 0.2) is 0 Å². The van der Waals surface area contributed by atoms with E-state index in [1.165, 1.54) is 6.42 Å². The predicted octanol–water partition coefficient (Wildman–Crippen LogP) is 1.51. The van der Waals surface area contributed by atoms with Gasteiger partial charge in [0.2, 0.25) is 11.8 Å². The van der Waals surface area contributed by atoms with Crippen molar-refractivity contribution in [3.63, 3.8) is 0 Å². The second-order valence-electron chi connectivity index (χ2n) is 9.19. The number of carbonyl (C=O) groups is 3. The number of likely N-dealkylation sites (tertiary alicyclic amines) is 1. The second-order valence-corrected chi connectivity index (χ2v) is 10.7. The molecule has 4 aliphatic heterocycles. The molecule has 2 saturated heterocycles. The molecular weight excluding hydrogens is 416 g/mol. The lowest BCUT2D eigenvalue weighted by molar-refractivity contribution is -0.151. The Bertz CT molecular complexity index is 823. The zero-order chi connectivity index (χ0) is 21.6. The van der Waals surface area contributed by atoms with Gasteiger partial charge in [0.05, 0.1) is 16.6 Å². The van der Waals surface area contributed by atoms with Gasteiger partial charge in [-0.3, -0.25) is 14.4 Å².